The zero-order valence-electron chi connectivity index (χ0n) is 12.2. The number of nitro groups is 2. The van der Waals surface area contributed by atoms with Crippen LogP contribution < -0.4 is 5.43 Å². The number of rotatable bonds is 5. The van der Waals surface area contributed by atoms with Gasteiger partial charge < -0.3 is 0 Å². The standard InChI is InChI=1S/C14H9F3N4O4/c15-14(16,17)11-4-2-1-3-9(11)8-18-19-12-6-5-10(20(22)23)7-13(12)21(24)25/h1-8,19H/b18-8-. The van der Waals surface area contributed by atoms with Gasteiger partial charge in [0.1, 0.15) is 5.69 Å². The number of hydrogen-bond acceptors (Lipinski definition) is 6. The van der Waals surface area contributed by atoms with Crippen LogP contribution in [0.3, 0.4) is 0 Å². The van der Waals surface area contributed by atoms with Crippen molar-refractivity contribution in [2.45, 2.75) is 6.18 Å². The lowest BCUT2D eigenvalue weighted by Crippen LogP contribution is -2.09. The van der Waals surface area contributed by atoms with Crippen LogP contribution in [0.4, 0.5) is 30.2 Å². The first-order valence-electron chi connectivity index (χ1n) is 6.58. The monoisotopic (exact) mass is 354 g/mol. The second-order valence-corrected chi connectivity index (χ2v) is 4.67. The quantitative estimate of drug-likeness (QED) is 0.496. The Bertz CT molecular complexity index is 852. The molecule has 0 aliphatic carbocycles. The molecule has 0 radical (unpaired) electrons. The van der Waals surface area contributed by atoms with E-state index in [2.05, 4.69) is 10.5 Å². The highest BCUT2D eigenvalue weighted by molar-refractivity contribution is 5.83. The minimum atomic E-state index is -4.58. The van der Waals surface area contributed by atoms with E-state index in [-0.39, 0.29) is 11.3 Å². The fourth-order valence-corrected chi connectivity index (χ4v) is 1.92. The van der Waals surface area contributed by atoms with Crippen LogP contribution in [0.15, 0.2) is 47.6 Å². The average Bonchev–Trinajstić information content (AvgIpc) is 2.54. The zero-order chi connectivity index (χ0) is 18.6. The molecule has 0 aliphatic heterocycles. The molecule has 8 nitrogen and oxygen atoms in total. The Labute approximate surface area is 137 Å². The molecule has 2 rings (SSSR count). The minimum Gasteiger partial charge on any atom is -0.272 e. The summed E-state index contributed by atoms with van der Waals surface area (Å²) in [6, 6.07) is 7.42. The van der Waals surface area contributed by atoms with Gasteiger partial charge in [-0.15, -0.1) is 0 Å². The Balaban J connectivity index is 2.29. The van der Waals surface area contributed by atoms with Crippen molar-refractivity contribution in [3.05, 3.63) is 73.8 Å². The molecule has 25 heavy (non-hydrogen) atoms. The number of hydrogen-bond donors (Lipinski definition) is 1. The van der Waals surface area contributed by atoms with E-state index < -0.39 is 33.0 Å². The summed E-state index contributed by atoms with van der Waals surface area (Å²) in [6.07, 6.45) is -3.73. The Morgan fingerprint density at radius 3 is 2.32 bits per heavy atom. The van der Waals surface area contributed by atoms with E-state index in [1.807, 2.05) is 0 Å². The van der Waals surface area contributed by atoms with Crippen molar-refractivity contribution in [2.24, 2.45) is 5.10 Å². The lowest BCUT2D eigenvalue weighted by molar-refractivity contribution is -0.393. The summed E-state index contributed by atoms with van der Waals surface area (Å²) < 4.78 is 38.6. The number of non-ortho nitro benzene ring substituents is 1. The summed E-state index contributed by atoms with van der Waals surface area (Å²) in [6.45, 7) is 0. The Morgan fingerprint density at radius 1 is 1.04 bits per heavy atom. The number of nitro benzene ring substituents is 2. The number of hydrazone groups is 1. The Morgan fingerprint density at radius 2 is 1.72 bits per heavy atom. The lowest BCUT2D eigenvalue weighted by Gasteiger charge is -2.09. The van der Waals surface area contributed by atoms with Crippen LogP contribution in [-0.4, -0.2) is 16.1 Å². The van der Waals surface area contributed by atoms with Gasteiger partial charge in [0.25, 0.3) is 5.69 Å². The van der Waals surface area contributed by atoms with Crippen LogP contribution in [0.5, 0.6) is 0 Å². The van der Waals surface area contributed by atoms with Gasteiger partial charge >= 0.3 is 11.9 Å². The highest BCUT2D eigenvalue weighted by atomic mass is 19.4. The van der Waals surface area contributed by atoms with Crippen LogP contribution in [0.25, 0.3) is 0 Å². The van der Waals surface area contributed by atoms with E-state index in [1.165, 1.54) is 18.2 Å². The number of benzene rings is 2. The van der Waals surface area contributed by atoms with Gasteiger partial charge in [-0.2, -0.15) is 18.3 Å². The van der Waals surface area contributed by atoms with Crippen molar-refractivity contribution in [1.82, 2.24) is 0 Å². The highest BCUT2D eigenvalue weighted by Gasteiger charge is 2.32. The highest BCUT2D eigenvalue weighted by Crippen LogP contribution is 2.31. The van der Waals surface area contributed by atoms with E-state index >= 15 is 0 Å². The van der Waals surface area contributed by atoms with Gasteiger partial charge in [-0.05, 0) is 12.1 Å². The molecule has 0 atom stereocenters. The average molecular weight is 354 g/mol. The van der Waals surface area contributed by atoms with Gasteiger partial charge in [-0.25, -0.2) is 0 Å². The molecule has 0 unspecified atom stereocenters. The van der Waals surface area contributed by atoms with Crippen LogP contribution in [0.2, 0.25) is 0 Å². The molecule has 2 aromatic carbocycles. The molecule has 1 N–H and O–H groups in total. The van der Waals surface area contributed by atoms with E-state index in [0.29, 0.717) is 0 Å². The Kier molecular flexibility index (Phi) is 4.96. The topological polar surface area (TPSA) is 111 Å². The van der Waals surface area contributed by atoms with Gasteiger partial charge in [0.15, 0.2) is 0 Å². The van der Waals surface area contributed by atoms with Crippen molar-refractivity contribution in [3.8, 4) is 0 Å². The molecule has 11 heteroatoms. The first kappa shape index (κ1) is 17.8. The zero-order valence-corrected chi connectivity index (χ0v) is 12.2. The summed E-state index contributed by atoms with van der Waals surface area (Å²) >= 11 is 0. The largest absolute Gasteiger partial charge is 0.417 e. The minimum absolute atomic E-state index is 0.198. The van der Waals surface area contributed by atoms with Crippen LogP contribution >= 0.6 is 0 Å². The summed E-state index contributed by atoms with van der Waals surface area (Å²) in [7, 11) is 0. The van der Waals surface area contributed by atoms with Gasteiger partial charge in [0.2, 0.25) is 0 Å². The summed E-state index contributed by atoms with van der Waals surface area (Å²) in [4.78, 5) is 19.9. The molecule has 130 valence electrons. The number of alkyl halides is 3. The van der Waals surface area contributed by atoms with E-state index in [9.17, 15) is 33.4 Å². The maximum absolute atomic E-state index is 12.9. The van der Waals surface area contributed by atoms with Crippen molar-refractivity contribution in [3.63, 3.8) is 0 Å². The molecular formula is C14H9F3N4O4. The molecule has 0 amide bonds. The van der Waals surface area contributed by atoms with Crippen LogP contribution in [0.1, 0.15) is 11.1 Å². The number of anilines is 1. The summed E-state index contributed by atoms with van der Waals surface area (Å²) in [5.41, 5.74) is -0.259. The normalized spacial score (nSPS) is 11.5. The molecule has 0 spiro atoms. The molecule has 0 heterocycles. The van der Waals surface area contributed by atoms with E-state index in [1.54, 1.807) is 0 Å². The molecular weight excluding hydrogens is 345 g/mol. The van der Waals surface area contributed by atoms with E-state index in [0.717, 1.165) is 30.5 Å². The lowest BCUT2D eigenvalue weighted by atomic mass is 10.1. The van der Waals surface area contributed by atoms with Gasteiger partial charge in [0.05, 0.1) is 27.7 Å². The van der Waals surface area contributed by atoms with Crippen molar-refractivity contribution >= 4 is 23.3 Å². The third-order valence-electron chi connectivity index (χ3n) is 3.04. The van der Waals surface area contributed by atoms with Crippen LogP contribution in [0, 0.1) is 20.2 Å². The molecule has 0 aliphatic rings. The third-order valence-corrected chi connectivity index (χ3v) is 3.04. The third kappa shape index (κ3) is 4.28. The fraction of sp³-hybridized carbons (Fsp3) is 0.0714. The SMILES string of the molecule is O=[N+]([O-])c1ccc(N/N=C\c2ccccc2C(F)(F)F)c([N+](=O)[O-])c1. The maximum Gasteiger partial charge on any atom is 0.417 e. The molecule has 0 fully saturated rings. The van der Waals surface area contributed by atoms with Crippen molar-refractivity contribution < 1.29 is 23.0 Å². The van der Waals surface area contributed by atoms with Gasteiger partial charge in [0, 0.05) is 11.6 Å². The van der Waals surface area contributed by atoms with Crippen LogP contribution in [-0.2, 0) is 6.18 Å². The van der Waals surface area contributed by atoms with Gasteiger partial charge in [-0.1, -0.05) is 18.2 Å². The predicted molar refractivity (Wildman–Crippen MR) is 82.4 cm³/mol. The first-order valence-corrected chi connectivity index (χ1v) is 6.58. The van der Waals surface area contributed by atoms with Crippen molar-refractivity contribution in [1.29, 1.82) is 0 Å². The van der Waals surface area contributed by atoms with Crippen molar-refractivity contribution in [2.75, 3.05) is 5.43 Å². The second kappa shape index (κ2) is 6.95. The summed E-state index contributed by atoms with van der Waals surface area (Å²) in [5, 5.41) is 25.2. The second-order valence-electron chi connectivity index (χ2n) is 4.67. The molecule has 0 saturated heterocycles. The molecule has 0 aromatic heterocycles. The molecule has 0 bridgehead atoms. The predicted octanol–water partition coefficient (Wildman–Crippen LogP) is 3.97. The smallest absolute Gasteiger partial charge is 0.272 e. The fourth-order valence-electron chi connectivity index (χ4n) is 1.92. The van der Waals surface area contributed by atoms with E-state index in [4.69, 9.17) is 0 Å². The summed E-state index contributed by atoms with van der Waals surface area (Å²) in [5.74, 6) is 0. The Hall–Kier alpha value is -3.50. The van der Waals surface area contributed by atoms with Gasteiger partial charge in [-0.3, -0.25) is 25.7 Å². The first-order chi connectivity index (χ1) is 11.7. The maximum atomic E-state index is 12.9. The number of nitrogens with zero attached hydrogens (tertiary/aromatic N) is 3. The molecule has 0 saturated carbocycles. The number of halogens is 3. The number of nitrogens with one attached hydrogen (secondary N) is 1. The molecule has 2 aromatic rings.